The fourth-order valence-corrected chi connectivity index (χ4v) is 1.96. The summed E-state index contributed by atoms with van der Waals surface area (Å²) in [5.41, 5.74) is 2.35. The van der Waals surface area contributed by atoms with Crippen molar-refractivity contribution < 1.29 is 9.90 Å². The highest BCUT2D eigenvalue weighted by atomic mass is 79.9. The number of carbonyl (C=O) groups is 1. The molecule has 2 nitrogen and oxygen atoms in total. The van der Waals surface area contributed by atoms with Gasteiger partial charge in [0.1, 0.15) is 0 Å². The first kappa shape index (κ1) is 12.2. The third-order valence-corrected chi connectivity index (χ3v) is 2.99. The number of benzene rings is 1. The van der Waals surface area contributed by atoms with Crippen molar-refractivity contribution in [2.45, 2.75) is 26.7 Å². The number of hydrogen-bond donors (Lipinski definition) is 1. The van der Waals surface area contributed by atoms with Crippen LogP contribution in [0.5, 0.6) is 0 Å². The van der Waals surface area contributed by atoms with Gasteiger partial charge in [-0.15, -0.1) is 0 Å². The number of hydrogen-bond acceptors (Lipinski definition) is 1. The lowest BCUT2D eigenvalue weighted by molar-refractivity contribution is -0.141. The summed E-state index contributed by atoms with van der Waals surface area (Å²) in [5, 5.41) is 8.86. The molecule has 3 heteroatoms. The molecule has 1 rings (SSSR count). The van der Waals surface area contributed by atoms with Crippen molar-refractivity contribution >= 4 is 21.9 Å². The van der Waals surface area contributed by atoms with Crippen molar-refractivity contribution in [2.24, 2.45) is 5.92 Å². The van der Waals surface area contributed by atoms with Gasteiger partial charge in [0.25, 0.3) is 0 Å². The Bertz CT molecular complexity index is 361. The van der Waals surface area contributed by atoms with Crippen LogP contribution in [-0.4, -0.2) is 11.1 Å². The van der Waals surface area contributed by atoms with Gasteiger partial charge in [-0.1, -0.05) is 35.8 Å². The van der Waals surface area contributed by atoms with E-state index < -0.39 is 5.97 Å². The van der Waals surface area contributed by atoms with E-state index >= 15 is 0 Å². The third-order valence-electron chi connectivity index (χ3n) is 2.50. The molecule has 0 amide bonds. The molecule has 0 aliphatic carbocycles. The van der Waals surface area contributed by atoms with Crippen LogP contribution in [0, 0.1) is 5.92 Å². The lowest BCUT2D eigenvalue weighted by atomic mass is 9.96. The topological polar surface area (TPSA) is 37.3 Å². The molecule has 0 saturated heterocycles. The Labute approximate surface area is 98.4 Å². The van der Waals surface area contributed by atoms with Crippen LogP contribution in [0.4, 0.5) is 0 Å². The van der Waals surface area contributed by atoms with Gasteiger partial charge in [0.05, 0.1) is 5.92 Å². The van der Waals surface area contributed by atoms with Crippen LogP contribution >= 0.6 is 15.9 Å². The quantitative estimate of drug-likeness (QED) is 0.912. The average molecular weight is 271 g/mol. The highest BCUT2D eigenvalue weighted by Crippen LogP contribution is 2.20. The summed E-state index contributed by atoms with van der Waals surface area (Å²) in [4.78, 5) is 10.8. The number of carboxylic acid groups (broad SMARTS) is 1. The smallest absolute Gasteiger partial charge is 0.306 e. The predicted octanol–water partition coefficient (Wildman–Crippen LogP) is 3.27. The number of halogens is 1. The van der Waals surface area contributed by atoms with Crippen LogP contribution in [0.25, 0.3) is 0 Å². The molecule has 1 N–H and O–H groups in total. The fraction of sp³-hybridized carbons (Fsp3) is 0.417. The zero-order valence-corrected chi connectivity index (χ0v) is 10.5. The van der Waals surface area contributed by atoms with Gasteiger partial charge >= 0.3 is 5.97 Å². The van der Waals surface area contributed by atoms with Crippen LogP contribution in [0.15, 0.2) is 22.7 Å². The maximum absolute atomic E-state index is 10.8. The van der Waals surface area contributed by atoms with Gasteiger partial charge in [-0.05, 0) is 36.1 Å². The zero-order valence-electron chi connectivity index (χ0n) is 8.96. The van der Waals surface area contributed by atoms with Crippen molar-refractivity contribution in [1.82, 2.24) is 0 Å². The molecular weight excluding hydrogens is 256 g/mol. The fourth-order valence-electron chi connectivity index (χ4n) is 1.55. The van der Waals surface area contributed by atoms with Gasteiger partial charge in [0.2, 0.25) is 0 Å². The van der Waals surface area contributed by atoms with Crippen LogP contribution in [-0.2, 0) is 17.6 Å². The molecule has 0 aliphatic heterocycles. The van der Waals surface area contributed by atoms with Crippen LogP contribution in [0.1, 0.15) is 25.0 Å². The van der Waals surface area contributed by atoms with E-state index in [2.05, 4.69) is 22.9 Å². The molecule has 0 radical (unpaired) electrons. The minimum absolute atomic E-state index is 0.329. The molecule has 0 spiro atoms. The Morgan fingerprint density at radius 1 is 1.47 bits per heavy atom. The van der Waals surface area contributed by atoms with E-state index in [-0.39, 0.29) is 5.92 Å². The zero-order chi connectivity index (χ0) is 11.4. The van der Waals surface area contributed by atoms with E-state index in [1.165, 1.54) is 5.56 Å². The summed E-state index contributed by atoms with van der Waals surface area (Å²) >= 11 is 3.41. The van der Waals surface area contributed by atoms with Crippen LogP contribution in [0.2, 0.25) is 0 Å². The van der Waals surface area contributed by atoms with Crippen molar-refractivity contribution in [3.05, 3.63) is 33.8 Å². The molecule has 1 unspecified atom stereocenters. The third kappa shape index (κ3) is 3.34. The van der Waals surface area contributed by atoms with E-state index in [0.29, 0.717) is 6.42 Å². The molecule has 0 aliphatic rings. The Kier molecular flexibility index (Phi) is 4.33. The molecule has 1 aromatic carbocycles. The van der Waals surface area contributed by atoms with E-state index in [9.17, 15) is 4.79 Å². The lowest BCUT2D eigenvalue weighted by Crippen LogP contribution is -2.13. The number of aliphatic carboxylic acids is 1. The number of rotatable bonds is 4. The summed E-state index contributed by atoms with van der Waals surface area (Å²) in [5.74, 6) is -1.07. The molecule has 0 fully saturated rings. The van der Waals surface area contributed by atoms with Crippen molar-refractivity contribution in [3.8, 4) is 0 Å². The second-order valence-corrected chi connectivity index (χ2v) is 4.63. The molecule has 1 aromatic rings. The van der Waals surface area contributed by atoms with E-state index in [0.717, 1.165) is 16.5 Å². The Morgan fingerprint density at radius 3 is 2.67 bits per heavy atom. The summed E-state index contributed by atoms with van der Waals surface area (Å²) < 4.78 is 1.01. The summed E-state index contributed by atoms with van der Waals surface area (Å²) in [6.45, 7) is 3.82. The minimum atomic E-state index is -0.739. The molecule has 0 bridgehead atoms. The van der Waals surface area contributed by atoms with Crippen molar-refractivity contribution in [3.63, 3.8) is 0 Å². The minimum Gasteiger partial charge on any atom is -0.481 e. The lowest BCUT2D eigenvalue weighted by Gasteiger charge is -2.11. The Balaban J connectivity index is 2.91. The van der Waals surface area contributed by atoms with Gasteiger partial charge in [-0.3, -0.25) is 4.79 Å². The van der Waals surface area contributed by atoms with Crippen molar-refractivity contribution in [1.29, 1.82) is 0 Å². The highest BCUT2D eigenvalue weighted by molar-refractivity contribution is 9.10. The largest absolute Gasteiger partial charge is 0.481 e. The van der Waals surface area contributed by atoms with Gasteiger partial charge in [0, 0.05) is 4.47 Å². The van der Waals surface area contributed by atoms with Crippen molar-refractivity contribution in [2.75, 3.05) is 0 Å². The van der Waals surface area contributed by atoms with E-state index in [4.69, 9.17) is 5.11 Å². The molecule has 1 atom stereocenters. The molecule has 0 aromatic heterocycles. The van der Waals surface area contributed by atoms with Crippen LogP contribution in [0.3, 0.4) is 0 Å². The predicted molar refractivity (Wildman–Crippen MR) is 64.0 cm³/mol. The SMILES string of the molecule is CCc1ccc(Br)cc1CC(C)C(=O)O. The normalized spacial score (nSPS) is 12.5. The molecule has 0 heterocycles. The molecule has 82 valence electrons. The van der Waals surface area contributed by atoms with Gasteiger partial charge in [-0.2, -0.15) is 0 Å². The van der Waals surface area contributed by atoms with Gasteiger partial charge < -0.3 is 5.11 Å². The molecule has 0 saturated carbocycles. The summed E-state index contributed by atoms with van der Waals surface area (Å²) in [6.07, 6.45) is 1.53. The first-order valence-electron chi connectivity index (χ1n) is 5.04. The second-order valence-electron chi connectivity index (χ2n) is 3.71. The monoisotopic (exact) mass is 270 g/mol. The first-order valence-corrected chi connectivity index (χ1v) is 5.84. The van der Waals surface area contributed by atoms with Crippen LogP contribution < -0.4 is 0 Å². The summed E-state index contributed by atoms with van der Waals surface area (Å²) in [7, 11) is 0. The summed E-state index contributed by atoms with van der Waals surface area (Å²) in [6, 6.07) is 6.06. The Morgan fingerprint density at radius 2 is 2.13 bits per heavy atom. The highest BCUT2D eigenvalue weighted by Gasteiger charge is 2.13. The maximum atomic E-state index is 10.8. The number of carboxylic acids is 1. The Hall–Kier alpha value is -0.830. The van der Waals surface area contributed by atoms with E-state index in [1.54, 1.807) is 6.92 Å². The molecular formula is C12H15BrO2. The molecule has 15 heavy (non-hydrogen) atoms. The van der Waals surface area contributed by atoms with Gasteiger partial charge in [-0.25, -0.2) is 0 Å². The van der Waals surface area contributed by atoms with Gasteiger partial charge in [0.15, 0.2) is 0 Å². The standard InChI is InChI=1S/C12H15BrO2/c1-3-9-4-5-11(13)7-10(9)6-8(2)12(14)15/h4-5,7-8H,3,6H2,1-2H3,(H,14,15). The van der Waals surface area contributed by atoms with E-state index in [1.807, 2.05) is 18.2 Å². The first-order chi connectivity index (χ1) is 7.04. The number of aryl methyl sites for hydroxylation is 1. The second kappa shape index (κ2) is 5.31. The maximum Gasteiger partial charge on any atom is 0.306 e. The average Bonchev–Trinajstić information content (AvgIpc) is 2.18.